The third kappa shape index (κ3) is 3.12. The van der Waals surface area contributed by atoms with Crippen molar-refractivity contribution in [3.05, 3.63) is 75.4 Å². The molecule has 0 fully saturated rings. The Morgan fingerprint density at radius 2 is 2.00 bits per heavy atom. The van der Waals surface area contributed by atoms with Crippen molar-refractivity contribution in [1.82, 2.24) is 9.78 Å². The van der Waals surface area contributed by atoms with E-state index in [1.165, 1.54) is 0 Å². The maximum atomic E-state index is 12.8. The topological polar surface area (TPSA) is 64.0 Å². The molecule has 1 aliphatic rings. The first-order valence-electron chi connectivity index (χ1n) is 8.11. The Morgan fingerprint density at radius 3 is 2.77 bits per heavy atom. The van der Waals surface area contributed by atoms with Crippen LogP contribution in [0.4, 0.5) is 5.82 Å². The molecule has 2 aromatic carbocycles. The van der Waals surface area contributed by atoms with E-state index in [4.69, 9.17) is 0 Å². The van der Waals surface area contributed by atoms with Crippen molar-refractivity contribution < 1.29 is 9.00 Å². The molecule has 0 unspecified atom stereocenters. The highest BCUT2D eigenvalue weighted by molar-refractivity contribution is 9.10. The molecule has 1 aliphatic heterocycles. The zero-order valence-corrected chi connectivity index (χ0v) is 16.4. The Hall–Kier alpha value is -2.25. The molecule has 5 nitrogen and oxygen atoms in total. The number of amides is 1. The predicted molar refractivity (Wildman–Crippen MR) is 106 cm³/mol. The average molecular weight is 430 g/mol. The molecular weight excluding hydrogens is 414 g/mol. The molecule has 0 saturated heterocycles. The largest absolute Gasteiger partial charge is 0.306 e. The standard InChI is InChI=1S/C19H16BrN3O2S/c1-12-5-2-3-8-17(12)23-18(15-10-26(25)11-16(15)22-23)21-19(24)13-6-4-7-14(20)9-13/h2-9H,10-11H2,1H3,(H,21,24)/t26-/m0/s1. The third-order valence-corrected chi connectivity index (χ3v) is 6.03. The van der Waals surface area contributed by atoms with Gasteiger partial charge in [-0.3, -0.25) is 9.00 Å². The van der Waals surface area contributed by atoms with Crippen LogP contribution in [0.1, 0.15) is 27.2 Å². The van der Waals surface area contributed by atoms with Crippen molar-refractivity contribution in [2.75, 3.05) is 5.32 Å². The molecule has 132 valence electrons. The number of benzene rings is 2. The van der Waals surface area contributed by atoms with E-state index in [2.05, 4.69) is 26.3 Å². The number of halogens is 1. The molecule has 0 spiro atoms. The summed E-state index contributed by atoms with van der Waals surface area (Å²) in [4.78, 5) is 12.8. The highest BCUT2D eigenvalue weighted by Gasteiger charge is 2.28. The van der Waals surface area contributed by atoms with E-state index in [1.807, 2.05) is 43.3 Å². The second kappa shape index (κ2) is 6.81. The van der Waals surface area contributed by atoms with Gasteiger partial charge >= 0.3 is 0 Å². The predicted octanol–water partition coefficient (Wildman–Crippen LogP) is 3.96. The summed E-state index contributed by atoms with van der Waals surface area (Å²) in [6.07, 6.45) is 0. The fraction of sp³-hybridized carbons (Fsp3) is 0.158. The maximum absolute atomic E-state index is 12.8. The van der Waals surface area contributed by atoms with Crippen LogP contribution in [0.15, 0.2) is 53.0 Å². The molecule has 3 aromatic rings. The molecule has 4 rings (SSSR count). The maximum Gasteiger partial charge on any atom is 0.256 e. The summed E-state index contributed by atoms with van der Waals surface area (Å²) in [5, 5.41) is 7.62. The van der Waals surface area contributed by atoms with E-state index < -0.39 is 10.8 Å². The zero-order chi connectivity index (χ0) is 18.3. The van der Waals surface area contributed by atoms with Gasteiger partial charge in [-0.25, -0.2) is 4.68 Å². The zero-order valence-electron chi connectivity index (χ0n) is 14.0. The van der Waals surface area contributed by atoms with Crippen molar-refractivity contribution in [2.45, 2.75) is 18.4 Å². The van der Waals surface area contributed by atoms with E-state index in [1.54, 1.807) is 16.8 Å². The third-order valence-electron chi connectivity index (χ3n) is 4.33. The van der Waals surface area contributed by atoms with Gasteiger partial charge in [0.25, 0.3) is 5.91 Å². The molecule has 0 aliphatic carbocycles. The van der Waals surface area contributed by atoms with Gasteiger partial charge in [-0.1, -0.05) is 40.2 Å². The Bertz CT molecular complexity index is 1050. The van der Waals surface area contributed by atoms with Crippen LogP contribution < -0.4 is 5.32 Å². The molecule has 0 radical (unpaired) electrons. The van der Waals surface area contributed by atoms with Gasteiger partial charge in [0.2, 0.25) is 0 Å². The number of carbonyl (C=O) groups is 1. The summed E-state index contributed by atoms with van der Waals surface area (Å²) in [5.41, 5.74) is 4.14. The summed E-state index contributed by atoms with van der Waals surface area (Å²) in [7, 11) is -0.966. The summed E-state index contributed by atoms with van der Waals surface area (Å²) in [6, 6.07) is 15.1. The first-order valence-corrected chi connectivity index (χ1v) is 10.4. The monoisotopic (exact) mass is 429 g/mol. The van der Waals surface area contributed by atoms with E-state index in [9.17, 15) is 9.00 Å². The van der Waals surface area contributed by atoms with Crippen LogP contribution in [0.3, 0.4) is 0 Å². The lowest BCUT2D eigenvalue weighted by Gasteiger charge is -2.13. The number of para-hydroxylation sites is 1. The minimum absolute atomic E-state index is 0.221. The fourth-order valence-electron chi connectivity index (χ4n) is 3.04. The SMILES string of the molecule is Cc1ccccc1-n1nc2c(c1NC(=O)c1cccc(Br)c1)C[S@](=O)C2. The minimum Gasteiger partial charge on any atom is -0.306 e. The molecule has 0 bridgehead atoms. The molecular formula is C19H16BrN3O2S. The Balaban J connectivity index is 1.78. The minimum atomic E-state index is -0.966. The lowest BCUT2D eigenvalue weighted by molar-refractivity contribution is 0.102. The molecule has 1 aromatic heterocycles. The summed E-state index contributed by atoms with van der Waals surface area (Å²) in [6.45, 7) is 2.00. The van der Waals surface area contributed by atoms with Gasteiger partial charge in [-0.2, -0.15) is 5.10 Å². The lowest BCUT2D eigenvalue weighted by atomic mass is 10.2. The molecule has 2 heterocycles. The van der Waals surface area contributed by atoms with Gasteiger partial charge in [0.05, 0.1) is 22.9 Å². The van der Waals surface area contributed by atoms with E-state index in [-0.39, 0.29) is 5.91 Å². The number of hydrogen-bond donors (Lipinski definition) is 1. The van der Waals surface area contributed by atoms with Crippen LogP contribution in [0.25, 0.3) is 5.69 Å². The number of anilines is 1. The number of fused-ring (bicyclic) bond motifs is 1. The van der Waals surface area contributed by atoms with Crippen LogP contribution in [-0.4, -0.2) is 19.9 Å². The fourth-order valence-corrected chi connectivity index (χ4v) is 4.70. The quantitative estimate of drug-likeness (QED) is 0.684. The van der Waals surface area contributed by atoms with Crippen molar-refractivity contribution in [3.8, 4) is 5.69 Å². The first-order chi connectivity index (χ1) is 12.5. The van der Waals surface area contributed by atoms with E-state index in [0.29, 0.717) is 22.9 Å². The first kappa shape index (κ1) is 17.2. The van der Waals surface area contributed by atoms with Crippen LogP contribution in [0.5, 0.6) is 0 Å². The van der Waals surface area contributed by atoms with Crippen molar-refractivity contribution in [2.24, 2.45) is 0 Å². The normalized spacial score (nSPS) is 15.7. The molecule has 1 N–H and O–H groups in total. The van der Waals surface area contributed by atoms with Crippen LogP contribution in [0.2, 0.25) is 0 Å². The van der Waals surface area contributed by atoms with E-state index in [0.717, 1.165) is 27.0 Å². The molecule has 7 heteroatoms. The number of nitrogens with one attached hydrogen (secondary N) is 1. The van der Waals surface area contributed by atoms with Gasteiger partial charge < -0.3 is 5.32 Å². The molecule has 0 saturated carbocycles. The van der Waals surface area contributed by atoms with Gasteiger partial charge in [-0.05, 0) is 36.8 Å². The van der Waals surface area contributed by atoms with Gasteiger partial charge in [0.15, 0.2) is 0 Å². The van der Waals surface area contributed by atoms with Crippen molar-refractivity contribution in [1.29, 1.82) is 0 Å². The second-order valence-electron chi connectivity index (χ2n) is 6.17. The van der Waals surface area contributed by atoms with Crippen LogP contribution >= 0.6 is 15.9 Å². The highest BCUT2D eigenvalue weighted by atomic mass is 79.9. The number of aromatic nitrogens is 2. The Labute approximate surface area is 162 Å². The van der Waals surface area contributed by atoms with Gasteiger partial charge in [0, 0.05) is 26.4 Å². The Kier molecular flexibility index (Phi) is 4.50. The van der Waals surface area contributed by atoms with E-state index >= 15 is 0 Å². The highest BCUT2D eigenvalue weighted by Crippen LogP contribution is 2.32. The van der Waals surface area contributed by atoms with Crippen molar-refractivity contribution >= 4 is 38.5 Å². The molecule has 1 amide bonds. The van der Waals surface area contributed by atoms with Gasteiger partial charge in [0.1, 0.15) is 5.82 Å². The summed E-state index contributed by atoms with van der Waals surface area (Å²) in [5.74, 6) is 1.22. The summed E-state index contributed by atoms with van der Waals surface area (Å²) >= 11 is 3.39. The number of nitrogens with zero attached hydrogens (tertiary/aromatic N) is 2. The number of rotatable bonds is 3. The van der Waals surface area contributed by atoms with Crippen LogP contribution in [-0.2, 0) is 22.3 Å². The van der Waals surface area contributed by atoms with Crippen molar-refractivity contribution in [3.63, 3.8) is 0 Å². The second-order valence-corrected chi connectivity index (χ2v) is 8.54. The number of hydrogen-bond acceptors (Lipinski definition) is 3. The average Bonchev–Trinajstić information content (AvgIpc) is 3.12. The Morgan fingerprint density at radius 1 is 1.19 bits per heavy atom. The molecule has 26 heavy (non-hydrogen) atoms. The summed E-state index contributed by atoms with van der Waals surface area (Å²) < 4.78 is 14.6. The number of aryl methyl sites for hydroxylation is 1. The lowest BCUT2D eigenvalue weighted by Crippen LogP contribution is -2.17. The smallest absolute Gasteiger partial charge is 0.256 e. The number of carbonyl (C=O) groups excluding carboxylic acids is 1. The molecule has 1 atom stereocenters. The van der Waals surface area contributed by atoms with Gasteiger partial charge in [-0.15, -0.1) is 0 Å². The van der Waals surface area contributed by atoms with Crippen LogP contribution in [0, 0.1) is 6.92 Å².